The standard InChI is InChI=1S/C14H13ClFIN2O/c1-7(2)3-11-12(17)14(20)19-13(18-11)8-4-9(15)6-10(16)5-8/h4-7H,3H2,1-2H3,(H,18,19,20). The molecule has 0 spiro atoms. The third-order valence-electron chi connectivity index (χ3n) is 2.67. The summed E-state index contributed by atoms with van der Waals surface area (Å²) < 4.78 is 14.0. The Hall–Kier alpha value is -0.950. The molecule has 0 aliphatic rings. The molecule has 1 aromatic carbocycles. The third kappa shape index (κ3) is 3.58. The van der Waals surface area contributed by atoms with E-state index in [1.54, 1.807) is 6.07 Å². The van der Waals surface area contributed by atoms with Crippen molar-refractivity contribution in [2.24, 2.45) is 5.92 Å². The number of nitrogens with zero attached hydrogens (tertiary/aromatic N) is 1. The Kier molecular flexibility index (Phi) is 4.80. The van der Waals surface area contributed by atoms with Crippen molar-refractivity contribution < 1.29 is 4.39 Å². The lowest BCUT2D eigenvalue weighted by molar-refractivity contribution is 0.626. The highest BCUT2D eigenvalue weighted by Crippen LogP contribution is 2.22. The second kappa shape index (κ2) is 6.22. The van der Waals surface area contributed by atoms with E-state index in [2.05, 4.69) is 23.8 Å². The van der Waals surface area contributed by atoms with Crippen molar-refractivity contribution in [3.05, 3.63) is 48.7 Å². The lowest BCUT2D eigenvalue weighted by Gasteiger charge is -2.09. The van der Waals surface area contributed by atoms with E-state index in [0.717, 1.165) is 5.69 Å². The fraction of sp³-hybridized carbons (Fsp3) is 0.286. The maximum atomic E-state index is 13.4. The van der Waals surface area contributed by atoms with Crippen LogP contribution in [0.5, 0.6) is 0 Å². The number of aromatic amines is 1. The summed E-state index contributed by atoms with van der Waals surface area (Å²) in [6.07, 6.45) is 0.693. The van der Waals surface area contributed by atoms with Gasteiger partial charge in [-0.2, -0.15) is 0 Å². The number of hydrogen-bond acceptors (Lipinski definition) is 2. The van der Waals surface area contributed by atoms with Gasteiger partial charge in [-0.25, -0.2) is 9.37 Å². The summed E-state index contributed by atoms with van der Waals surface area (Å²) in [4.78, 5) is 19.1. The molecule has 2 aromatic rings. The average Bonchev–Trinajstić information content (AvgIpc) is 2.32. The first-order valence-electron chi connectivity index (χ1n) is 6.12. The maximum Gasteiger partial charge on any atom is 0.264 e. The van der Waals surface area contributed by atoms with Crippen LogP contribution in [0.1, 0.15) is 19.5 Å². The van der Waals surface area contributed by atoms with Crippen LogP contribution in [0, 0.1) is 15.3 Å². The van der Waals surface area contributed by atoms with Gasteiger partial charge in [0.25, 0.3) is 5.56 Å². The van der Waals surface area contributed by atoms with Crippen LogP contribution in [0.25, 0.3) is 11.4 Å². The van der Waals surface area contributed by atoms with Gasteiger partial charge in [0.2, 0.25) is 0 Å². The van der Waals surface area contributed by atoms with Crippen LogP contribution in [0.15, 0.2) is 23.0 Å². The lowest BCUT2D eigenvalue weighted by atomic mass is 10.1. The summed E-state index contributed by atoms with van der Waals surface area (Å²) in [5, 5.41) is 0.270. The van der Waals surface area contributed by atoms with Gasteiger partial charge in [0.05, 0.1) is 9.26 Å². The highest BCUT2D eigenvalue weighted by atomic mass is 127. The molecular weight excluding hydrogens is 394 g/mol. The quantitative estimate of drug-likeness (QED) is 0.782. The first kappa shape index (κ1) is 15.4. The molecule has 0 unspecified atom stereocenters. The number of nitrogens with one attached hydrogen (secondary N) is 1. The molecule has 0 aliphatic heterocycles. The lowest BCUT2D eigenvalue weighted by Crippen LogP contribution is -2.17. The van der Waals surface area contributed by atoms with Gasteiger partial charge in [0.15, 0.2) is 0 Å². The maximum absolute atomic E-state index is 13.4. The Balaban J connectivity index is 2.57. The zero-order valence-corrected chi connectivity index (χ0v) is 13.9. The number of aromatic nitrogens is 2. The Morgan fingerprint density at radius 1 is 1.40 bits per heavy atom. The van der Waals surface area contributed by atoms with E-state index in [9.17, 15) is 9.18 Å². The van der Waals surface area contributed by atoms with E-state index in [1.165, 1.54) is 12.1 Å². The second-order valence-corrected chi connectivity index (χ2v) is 6.45. The first-order chi connectivity index (χ1) is 9.36. The zero-order chi connectivity index (χ0) is 14.9. The molecule has 0 saturated heterocycles. The SMILES string of the molecule is CC(C)Cc1nc(-c2cc(F)cc(Cl)c2)[nH]c(=O)c1I. The Morgan fingerprint density at radius 3 is 2.70 bits per heavy atom. The Bertz CT molecular complexity index is 680. The van der Waals surface area contributed by atoms with Crippen LogP contribution in [0.3, 0.4) is 0 Å². The summed E-state index contributed by atoms with van der Waals surface area (Å²) in [7, 11) is 0. The van der Waals surface area contributed by atoms with Crippen LogP contribution < -0.4 is 5.56 Å². The van der Waals surface area contributed by atoms with E-state index >= 15 is 0 Å². The van der Waals surface area contributed by atoms with Crippen molar-refractivity contribution in [2.75, 3.05) is 0 Å². The monoisotopic (exact) mass is 406 g/mol. The summed E-state index contributed by atoms with van der Waals surface area (Å²) in [6, 6.07) is 4.09. The molecule has 6 heteroatoms. The summed E-state index contributed by atoms with van der Waals surface area (Å²) in [6.45, 7) is 4.11. The zero-order valence-electron chi connectivity index (χ0n) is 11.0. The minimum atomic E-state index is -0.459. The average molecular weight is 407 g/mol. The molecular formula is C14H13ClFIN2O. The number of benzene rings is 1. The molecule has 106 valence electrons. The molecule has 0 aliphatic carbocycles. The molecule has 0 radical (unpaired) electrons. The topological polar surface area (TPSA) is 45.8 Å². The summed E-state index contributed by atoms with van der Waals surface area (Å²) in [5.41, 5.74) is 0.972. The van der Waals surface area contributed by atoms with Gasteiger partial charge in [-0.15, -0.1) is 0 Å². The van der Waals surface area contributed by atoms with Crippen molar-refractivity contribution in [1.82, 2.24) is 9.97 Å². The van der Waals surface area contributed by atoms with E-state index in [-0.39, 0.29) is 10.6 Å². The van der Waals surface area contributed by atoms with E-state index in [1.807, 2.05) is 22.6 Å². The van der Waals surface area contributed by atoms with Gasteiger partial charge in [-0.05, 0) is 53.1 Å². The summed E-state index contributed by atoms with van der Waals surface area (Å²) in [5.74, 6) is 0.258. The number of halogens is 3. The van der Waals surface area contributed by atoms with Crippen LogP contribution in [0.2, 0.25) is 5.02 Å². The van der Waals surface area contributed by atoms with Gasteiger partial charge in [-0.3, -0.25) is 4.79 Å². The minimum Gasteiger partial charge on any atom is -0.306 e. The molecule has 0 atom stereocenters. The predicted molar refractivity (Wildman–Crippen MR) is 86.5 cm³/mol. The van der Waals surface area contributed by atoms with Crippen LogP contribution in [-0.4, -0.2) is 9.97 Å². The van der Waals surface area contributed by atoms with Crippen LogP contribution >= 0.6 is 34.2 Å². The molecule has 1 heterocycles. The van der Waals surface area contributed by atoms with E-state index < -0.39 is 5.82 Å². The van der Waals surface area contributed by atoms with Crippen molar-refractivity contribution in [3.8, 4) is 11.4 Å². The fourth-order valence-corrected chi connectivity index (χ4v) is 2.55. The highest BCUT2D eigenvalue weighted by Gasteiger charge is 2.12. The molecule has 1 N–H and O–H groups in total. The second-order valence-electron chi connectivity index (χ2n) is 4.93. The van der Waals surface area contributed by atoms with Crippen LogP contribution in [0.4, 0.5) is 4.39 Å². The largest absolute Gasteiger partial charge is 0.306 e. The van der Waals surface area contributed by atoms with E-state index in [0.29, 0.717) is 27.3 Å². The summed E-state index contributed by atoms with van der Waals surface area (Å²) >= 11 is 7.82. The molecule has 0 bridgehead atoms. The normalized spacial score (nSPS) is 11.1. The van der Waals surface area contributed by atoms with Crippen LogP contribution in [-0.2, 0) is 6.42 Å². The van der Waals surface area contributed by atoms with Gasteiger partial charge in [0, 0.05) is 10.6 Å². The molecule has 3 nitrogen and oxygen atoms in total. The van der Waals surface area contributed by atoms with Crippen molar-refractivity contribution in [1.29, 1.82) is 0 Å². The van der Waals surface area contributed by atoms with Gasteiger partial charge < -0.3 is 4.98 Å². The van der Waals surface area contributed by atoms with Crippen molar-refractivity contribution >= 4 is 34.2 Å². The minimum absolute atomic E-state index is 0.216. The molecule has 2 rings (SSSR count). The third-order valence-corrected chi connectivity index (χ3v) is 4.00. The van der Waals surface area contributed by atoms with Crippen molar-refractivity contribution in [2.45, 2.75) is 20.3 Å². The fourth-order valence-electron chi connectivity index (χ4n) is 1.85. The predicted octanol–water partition coefficient (Wildman–Crippen LogP) is 4.03. The molecule has 0 saturated carbocycles. The van der Waals surface area contributed by atoms with Gasteiger partial charge >= 0.3 is 0 Å². The Labute approximate surface area is 134 Å². The van der Waals surface area contributed by atoms with Crippen molar-refractivity contribution in [3.63, 3.8) is 0 Å². The van der Waals surface area contributed by atoms with Gasteiger partial charge in [-0.1, -0.05) is 25.4 Å². The number of rotatable bonds is 3. The van der Waals surface area contributed by atoms with Gasteiger partial charge in [0.1, 0.15) is 11.6 Å². The molecule has 20 heavy (non-hydrogen) atoms. The molecule has 0 amide bonds. The van der Waals surface area contributed by atoms with E-state index in [4.69, 9.17) is 11.6 Å². The Morgan fingerprint density at radius 2 is 2.10 bits per heavy atom. The first-order valence-corrected chi connectivity index (χ1v) is 7.57. The number of H-pyrrole nitrogens is 1. The smallest absolute Gasteiger partial charge is 0.264 e. The highest BCUT2D eigenvalue weighted by molar-refractivity contribution is 14.1. The molecule has 0 fully saturated rings. The number of hydrogen-bond donors (Lipinski definition) is 1. The molecule has 1 aromatic heterocycles.